The van der Waals surface area contributed by atoms with Crippen LogP contribution in [0.2, 0.25) is 5.02 Å². The van der Waals surface area contributed by atoms with Gasteiger partial charge in [0.2, 0.25) is 15.9 Å². The monoisotopic (exact) mass is 412 g/mol. The van der Waals surface area contributed by atoms with Crippen LogP contribution in [0, 0.1) is 5.82 Å². The molecule has 0 aliphatic rings. The highest BCUT2D eigenvalue weighted by molar-refractivity contribution is 7.92. The first-order valence-electron chi connectivity index (χ1n) is 8.50. The first-order valence-corrected chi connectivity index (χ1v) is 10.7. The molecule has 8 heteroatoms. The van der Waals surface area contributed by atoms with Crippen LogP contribution >= 0.6 is 11.6 Å². The molecule has 0 unspecified atom stereocenters. The van der Waals surface area contributed by atoms with Gasteiger partial charge < -0.3 is 5.32 Å². The number of hydrogen-bond donors (Lipinski definition) is 1. The van der Waals surface area contributed by atoms with Crippen LogP contribution in [0.15, 0.2) is 48.5 Å². The summed E-state index contributed by atoms with van der Waals surface area (Å²) in [6.45, 7) is 0.624. The zero-order valence-electron chi connectivity index (χ0n) is 15.0. The van der Waals surface area contributed by atoms with Gasteiger partial charge in [0.25, 0.3) is 0 Å². The van der Waals surface area contributed by atoms with E-state index in [9.17, 15) is 17.6 Å². The van der Waals surface area contributed by atoms with Crippen LogP contribution in [0.3, 0.4) is 0 Å². The van der Waals surface area contributed by atoms with E-state index in [2.05, 4.69) is 5.32 Å². The Morgan fingerprint density at radius 3 is 2.52 bits per heavy atom. The lowest BCUT2D eigenvalue weighted by atomic mass is 10.1. The zero-order chi connectivity index (χ0) is 19.9. The lowest BCUT2D eigenvalue weighted by molar-refractivity contribution is -0.121. The molecule has 2 aromatic rings. The van der Waals surface area contributed by atoms with Gasteiger partial charge in [-0.1, -0.05) is 29.8 Å². The van der Waals surface area contributed by atoms with Crippen LogP contribution in [0.4, 0.5) is 10.1 Å². The largest absolute Gasteiger partial charge is 0.356 e. The van der Waals surface area contributed by atoms with Gasteiger partial charge in [-0.25, -0.2) is 12.8 Å². The summed E-state index contributed by atoms with van der Waals surface area (Å²) in [5.74, 6) is -0.449. The van der Waals surface area contributed by atoms with Gasteiger partial charge in [-0.15, -0.1) is 0 Å². The second-order valence-electron chi connectivity index (χ2n) is 6.14. The summed E-state index contributed by atoms with van der Waals surface area (Å²) in [4.78, 5) is 11.9. The molecular weight excluding hydrogens is 391 g/mol. The van der Waals surface area contributed by atoms with E-state index in [1.165, 1.54) is 16.4 Å². The topological polar surface area (TPSA) is 66.5 Å². The molecule has 0 spiro atoms. The highest BCUT2D eigenvalue weighted by Gasteiger charge is 2.17. The van der Waals surface area contributed by atoms with Crippen molar-refractivity contribution in [1.82, 2.24) is 5.32 Å². The quantitative estimate of drug-likeness (QED) is 0.686. The van der Waals surface area contributed by atoms with Crippen molar-refractivity contribution in [2.24, 2.45) is 0 Å². The molecular formula is C19H22ClFN2O3S. The molecule has 0 aliphatic heterocycles. The second kappa shape index (κ2) is 9.71. The average molecular weight is 413 g/mol. The number of nitrogens with one attached hydrogen (secondary N) is 1. The number of nitrogens with zero attached hydrogens (tertiary/aromatic N) is 1. The Morgan fingerprint density at radius 2 is 1.89 bits per heavy atom. The number of hydrogen-bond acceptors (Lipinski definition) is 3. The van der Waals surface area contributed by atoms with E-state index >= 15 is 0 Å². The fourth-order valence-electron chi connectivity index (χ4n) is 2.59. The zero-order valence-corrected chi connectivity index (χ0v) is 16.6. The number of rotatable bonds is 9. The van der Waals surface area contributed by atoms with Gasteiger partial charge in [0, 0.05) is 24.5 Å². The average Bonchev–Trinajstić information content (AvgIpc) is 2.59. The van der Waals surface area contributed by atoms with Crippen molar-refractivity contribution in [3.8, 4) is 0 Å². The number of anilines is 1. The van der Waals surface area contributed by atoms with E-state index in [1.807, 2.05) is 0 Å². The maximum absolute atomic E-state index is 12.8. The SMILES string of the molecule is CS(=O)(=O)N(CCCC(=O)NCCc1ccc(F)cc1)c1cccc(Cl)c1. The third-order valence-corrected chi connectivity index (χ3v) is 5.34. The molecule has 0 saturated carbocycles. The Hall–Kier alpha value is -2.12. The van der Waals surface area contributed by atoms with Gasteiger partial charge >= 0.3 is 0 Å². The van der Waals surface area contributed by atoms with Crippen LogP contribution in [0.1, 0.15) is 18.4 Å². The number of amides is 1. The smallest absolute Gasteiger partial charge is 0.232 e. The maximum atomic E-state index is 12.8. The van der Waals surface area contributed by atoms with Crippen molar-refractivity contribution in [3.63, 3.8) is 0 Å². The third kappa shape index (κ3) is 7.19. The summed E-state index contributed by atoms with van der Waals surface area (Å²) < 4.78 is 38.1. The van der Waals surface area contributed by atoms with Gasteiger partial charge in [-0.2, -0.15) is 0 Å². The molecule has 0 aromatic heterocycles. The van der Waals surface area contributed by atoms with E-state index in [4.69, 9.17) is 11.6 Å². The molecule has 146 valence electrons. The molecule has 2 rings (SSSR count). The van der Waals surface area contributed by atoms with Crippen LogP contribution < -0.4 is 9.62 Å². The molecule has 1 amide bonds. The van der Waals surface area contributed by atoms with E-state index in [1.54, 1.807) is 36.4 Å². The Balaban J connectivity index is 1.80. The summed E-state index contributed by atoms with van der Waals surface area (Å²) in [6.07, 6.45) is 2.30. The number of halogens is 2. The lowest BCUT2D eigenvalue weighted by Gasteiger charge is -2.22. The summed E-state index contributed by atoms with van der Waals surface area (Å²) in [5.41, 5.74) is 1.41. The molecule has 0 radical (unpaired) electrons. The number of benzene rings is 2. The Morgan fingerprint density at radius 1 is 1.19 bits per heavy atom. The van der Waals surface area contributed by atoms with E-state index in [-0.39, 0.29) is 24.7 Å². The number of sulfonamides is 1. The van der Waals surface area contributed by atoms with Gasteiger partial charge in [0.15, 0.2) is 0 Å². The van der Waals surface area contributed by atoms with Gasteiger partial charge in [0.1, 0.15) is 5.82 Å². The fraction of sp³-hybridized carbons (Fsp3) is 0.316. The maximum Gasteiger partial charge on any atom is 0.232 e. The predicted octanol–water partition coefficient (Wildman–Crippen LogP) is 3.38. The Kier molecular flexibility index (Phi) is 7.62. The summed E-state index contributed by atoms with van der Waals surface area (Å²) in [5, 5.41) is 3.23. The summed E-state index contributed by atoms with van der Waals surface area (Å²) in [7, 11) is -3.48. The van der Waals surface area contributed by atoms with Crippen molar-refractivity contribution in [1.29, 1.82) is 0 Å². The molecule has 27 heavy (non-hydrogen) atoms. The van der Waals surface area contributed by atoms with Crippen molar-refractivity contribution < 1.29 is 17.6 Å². The normalized spacial score (nSPS) is 11.2. The van der Waals surface area contributed by atoms with Gasteiger partial charge in [-0.3, -0.25) is 9.10 Å². The fourth-order valence-corrected chi connectivity index (χ4v) is 3.73. The number of carbonyl (C=O) groups excluding carboxylic acids is 1. The van der Waals surface area contributed by atoms with Gasteiger partial charge in [0.05, 0.1) is 11.9 Å². The Labute approximate surface area is 164 Å². The van der Waals surface area contributed by atoms with Crippen molar-refractivity contribution in [2.45, 2.75) is 19.3 Å². The lowest BCUT2D eigenvalue weighted by Crippen LogP contribution is -2.32. The summed E-state index contributed by atoms with van der Waals surface area (Å²) >= 11 is 5.93. The van der Waals surface area contributed by atoms with Crippen LogP contribution in [-0.4, -0.2) is 33.7 Å². The molecule has 0 bridgehead atoms. The van der Waals surface area contributed by atoms with Crippen LogP contribution in [0.25, 0.3) is 0 Å². The highest BCUT2D eigenvalue weighted by atomic mass is 35.5. The minimum Gasteiger partial charge on any atom is -0.356 e. The second-order valence-corrected chi connectivity index (χ2v) is 8.49. The third-order valence-electron chi connectivity index (χ3n) is 3.91. The molecule has 0 heterocycles. The molecule has 0 atom stereocenters. The van der Waals surface area contributed by atoms with Crippen molar-refractivity contribution in [2.75, 3.05) is 23.7 Å². The first kappa shape index (κ1) is 21.2. The summed E-state index contributed by atoms with van der Waals surface area (Å²) in [6, 6.07) is 12.7. The highest BCUT2D eigenvalue weighted by Crippen LogP contribution is 2.22. The first-order chi connectivity index (χ1) is 12.8. The predicted molar refractivity (Wildman–Crippen MR) is 106 cm³/mol. The van der Waals surface area contributed by atoms with Crippen LogP contribution in [0.5, 0.6) is 0 Å². The molecule has 0 saturated heterocycles. The van der Waals surface area contributed by atoms with Gasteiger partial charge in [-0.05, 0) is 48.7 Å². The minimum absolute atomic E-state index is 0.156. The van der Waals surface area contributed by atoms with E-state index in [0.29, 0.717) is 30.1 Å². The molecule has 5 nitrogen and oxygen atoms in total. The molecule has 2 aromatic carbocycles. The molecule has 1 N–H and O–H groups in total. The van der Waals surface area contributed by atoms with E-state index in [0.717, 1.165) is 11.8 Å². The minimum atomic E-state index is -3.48. The Bertz CT molecular complexity index is 873. The van der Waals surface area contributed by atoms with Crippen molar-refractivity contribution in [3.05, 3.63) is 64.9 Å². The van der Waals surface area contributed by atoms with E-state index < -0.39 is 10.0 Å². The molecule has 0 fully saturated rings. The molecule has 0 aliphatic carbocycles. The van der Waals surface area contributed by atoms with Crippen molar-refractivity contribution >= 4 is 33.2 Å². The van der Waals surface area contributed by atoms with Crippen LogP contribution in [-0.2, 0) is 21.2 Å². The standard InChI is InChI=1S/C19H22ClFN2O3S/c1-27(25,26)23(18-5-2-4-16(20)14-18)13-3-6-19(24)22-12-11-15-7-9-17(21)10-8-15/h2,4-5,7-10,14H,3,6,11-13H2,1H3,(H,22,24). The number of carbonyl (C=O) groups is 1.